The van der Waals surface area contributed by atoms with Crippen LogP contribution in [-0.2, 0) is 12.7 Å². The molecule has 2 aliphatic rings. The van der Waals surface area contributed by atoms with E-state index in [1.54, 1.807) is 0 Å². The van der Waals surface area contributed by atoms with Gasteiger partial charge in [0.25, 0.3) is 0 Å². The molecule has 2 aliphatic heterocycles. The van der Waals surface area contributed by atoms with Crippen molar-refractivity contribution in [3.8, 4) is 0 Å². The fraction of sp³-hybridized carbons (Fsp3) is 0.682. The van der Waals surface area contributed by atoms with E-state index in [9.17, 15) is 54.5 Å². The number of amides is 1. The molecule has 15 heteroatoms. The number of halogens is 9. The summed E-state index contributed by atoms with van der Waals surface area (Å²) in [6.45, 7) is -1.65. The van der Waals surface area contributed by atoms with Gasteiger partial charge in [-0.25, -0.2) is 4.79 Å². The van der Waals surface area contributed by atoms with E-state index < -0.39 is 55.2 Å². The van der Waals surface area contributed by atoms with Crippen molar-refractivity contribution in [2.45, 2.75) is 44.0 Å². The topological polar surface area (TPSA) is 67.2 Å². The van der Waals surface area contributed by atoms with E-state index in [2.05, 4.69) is 0 Å². The number of anilines is 1. The predicted molar refractivity (Wildman–Crippen MR) is 113 cm³/mol. The molecule has 1 aromatic carbocycles. The number of piperazine rings is 1. The summed E-state index contributed by atoms with van der Waals surface area (Å²) in [5, 5.41) is 18.5. The number of carboxylic acid groups (broad SMARTS) is 1. The highest BCUT2D eigenvalue weighted by Crippen LogP contribution is 2.44. The van der Waals surface area contributed by atoms with E-state index in [-0.39, 0.29) is 54.9 Å². The van der Waals surface area contributed by atoms with Crippen LogP contribution in [0.2, 0.25) is 0 Å². The van der Waals surface area contributed by atoms with Crippen LogP contribution in [0.4, 0.5) is 50.0 Å². The molecule has 0 spiro atoms. The average Bonchev–Trinajstić information content (AvgIpc) is 2.76. The van der Waals surface area contributed by atoms with Gasteiger partial charge in [0.05, 0.1) is 11.6 Å². The summed E-state index contributed by atoms with van der Waals surface area (Å²) in [5.41, 5.74) is -0.863. The minimum Gasteiger partial charge on any atom is -0.465 e. The van der Waals surface area contributed by atoms with Crippen LogP contribution in [0.25, 0.3) is 0 Å². The molecule has 0 radical (unpaired) electrons. The minimum atomic E-state index is -5.76. The Morgan fingerprint density at radius 3 is 2.03 bits per heavy atom. The van der Waals surface area contributed by atoms with Crippen molar-refractivity contribution in [3.05, 3.63) is 29.3 Å². The van der Waals surface area contributed by atoms with E-state index in [0.29, 0.717) is 12.8 Å². The number of aliphatic hydroxyl groups is 1. The summed E-state index contributed by atoms with van der Waals surface area (Å²) in [5.74, 6) is -3.97. The van der Waals surface area contributed by atoms with Crippen LogP contribution in [0.5, 0.6) is 0 Å². The summed E-state index contributed by atoms with van der Waals surface area (Å²) in [6, 6.07) is 0.669. The summed E-state index contributed by atoms with van der Waals surface area (Å²) >= 11 is 0. The van der Waals surface area contributed by atoms with Crippen molar-refractivity contribution in [1.29, 1.82) is 0 Å². The highest BCUT2D eigenvalue weighted by Gasteiger charge is 2.62. The molecule has 1 amide bonds. The lowest BCUT2D eigenvalue weighted by Gasteiger charge is -2.44. The Bertz CT molecular complexity index is 930. The third-order valence-electron chi connectivity index (χ3n) is 6.83. The molecule has 1 atom stereocenters. The summed E-state index contributed by atoms with van der Waals surface area (Å²) < 4.78 is 121. The van der Waals surface area contributed by atoms with Crippen molar-refractivity contribution in [3.63, 3.8) is 0 Å². The van der Waals surface area contributed by atoms with E-state index in [1.165, 1.54) is 15.9 Å². The lowest BCUT2D eigenvalue weighted by molar-refractivity contribution is -0.300. The van der Waals surface area contributed by atoms with Crippen molar-refractivity contribution in [2.24, 2.45) is 11.8 Å². The van der Waals surface area contributed by atoms with Crippen molar-refractivity contribution in [1.82, 2.24) is 9.80 Å². The third-order valence-corrected chi connectivity index (χ3v) is 6.83. The molecule has 0 aliphatic carbocycles. The van der Waals surface area contributed by atoms with Crippen LogP contribution < -0.4 is 4.90 Å². The molecule has 210 valence electrons. The van der Waals surface area contributed by atoms with Gasteiger partial charge in [-0.05, 0) is 36.5 Å². The van der Waals surface area contributed by atoms with Crippen LogP contribution in [0.3, 0.4) is 0 Å². The van der Waals surface area contributed by atoms with Crippen LogP contribution in [0, 0.1) is 11.8 Å². The number of hydrogen-bond acceptors (Lipinski definition) is 4. The van der Waals surface area contributed by atoms with Gasteiger partial charge in [-0.1, -0.05) is 6.07 Å². The monoisotopic (exact) mass is 551 g/mol. The second kappa shape index (κ2) is 10.8. The maximum absolute atomic E-state index is 13.7. The van der Waals surface area contributed by atoms with Crippen LogP contribution in [0.15, 0.2) is 18.2 Å². The van der Waals surface area contributed by atoms with E-state index in [1.807, 2.05) is 0 Å². The number of aliphatic hydroxyl groups excluding tert-OH is 1. The lowest BCUT2D eigenvalue weighted by atomic mass is 9.94. The van der Waals surface area contributed by atoms with Crippen LogP contribution in [-0.4, -0.2) is 83.8 Å². The fourth-order valence-electron chi connectivity index (χ4n) is 4.95. The van der Waals surface area contributed by atoms with Crippen molar-refractivity contribution < 1.29 is 54.5 Å². The van der Waals surface area contributed by atoms with Crippen LogP contribution in [0.1, 0.15) is 24.0 Å². The van der Waals surface area contributed by atoms with Crippen molar-refractivity contribution >= 4 is 11.8 Å². The predicted octanol–water partition coefficient (Wildman–Crippen LogP) is 4.82. The van der Waals surface area contributed by atoms with E-state index in [4.69, 9.17) is 0 Å². The zero-order valence-corrected chi connectivity index (χ0v) is 19.4. The molecule has 2 N–H and O–H groups in total. The smallest absolute Gasteiger partial charge is 0.418 e. The molecule has 0 saturated carbocycles. The molecule has 2 heterocycles. The standard InChI is InChI=1S/C22H26F9N3O3/c23-20(24,25)15-2-1-14(9-16(15)33-5-3-13(12-35)4-6-33)10-32-7-8-34(19(36)37)17(11-32)18(21(26,27)28)22(29,30)31/h1-2,9,13,17-18,35H,3-8,10-12H2,(H,36,37). The van der Waals surface area contributed by atoms with Crippen LogP contribution >= 0.6 is 0 Å². The number of piperidine rings is 1. The molecule has 6 nitrogen and oxygen atoms in total. The quantitative estimate of drug-likeness (QED) is 0.514. The van der Waals surface area contributed by atoms with Gasteiger partial charge in [-0.2, -0.15) is 39.5 Å². The molecule has 2 fully saturated rings. The Labute approximate surface area is 206 Å². The Kier molecular flexibility index (Phi) is 8.47. The largest absolute Gasteiger partial charge is 0.465 e. The number of nitrogens with zero attached hydrogens (tertiary/aromatic N) is 3. The van der Waals surface area contributed by atoms with E-state index >= 15 is 0 Å². The molecule has 37 heavy (non-hydrogen) atoms. The van der Waals surface area contributed by atoms with Gasteiger partial charge in [0.2, 0.25) is 0 Å². The summed E-state index contributed by atoms with van der Waals surface area (Å²) in [4.78, 5) is 14.2. The number of carbonyl (C=O) groups is 1. The maximum atomic E-state index is 13.7. The molecule has 0 bridgehead atoms. The van der Waals surface area contributed by atoms with Gasteiger partial charge in [-0.15, -0.1) is 0 Å². The summed E-state index contributed by atoms with van der Waals surface area (Å²) in [7, 11) is 0. The van der Waals surface area contributed by atoms with Gasteiger partial charge in [0.15, 0.2) is 5.92 Å². The molecular formula is C22H26F9N3O3. The Morgan fingerprint density at radius 1 is 0.946 bits per heavy atom. The fourth-order valence-corrected chi connectivity index (χ4v) is 4.95. The average molecular weight is 551 g/mol. The van der Waals surface area contributed by atoms with Gasteiger partial charge >= 0.3 is 24.6 Å². The summed E-state index contributed by atoms with van der Waals surface area (Å²) in [6.07, 6.45) is -17.2. The molecule has 0 aromatic heterocycles. The first-order valence-electron chi connectivity index (χ1n) is 11.4. The van der Waals surface area contributed by atoms with E-state index in [0.717, 1.165) is 12.1 Å². The number of benzene rings is 1. The highest BCUT2D eigenvalue weighted by atomic mass is 19.4. The Balaban J connectivity index is 1.88. The highest BCUT2D eigenvalue weighted by molar-refractivity contribution is 5.65. The molecule has 2 saturated heterocycles. The Morgan fingerprint density at radius 2 is 1.54 bits per heavy atom. The number of rotatable bonds is 5. The zero-order chi connectivity index (χ0) is 27.8. The zero-order valence-electron chi connectivity index (χ0n) is 19.4. The first-order valence-corrected chi connectivity index (χ1v) is 11.4. The maximum Gasteiger partial charge on any atom is 0.418 e. The molecular weight excluding hydrogens is 525 g/mol. The minimum absolute atomic E-state index is 0.0496. The SMILES string of the molecule is O=C(O)N1CCN(Cc2ccc(C(F)(F)F)c(N3CCC(CO)CC3)c2)CC1C(C(F)(F)F)C(F)(F)F. The van der Waals surface area contributed by atoms with Gasteiger partial charge in [0.1, 0.15) is 0 Å². The number of alkyl halides is 9. The molecule has 1 unspecified atom stereocenters. The third kappa shape index (κ3) is 6.92. The van der Waals surface area contributed by atoms with Crippen molar-refractivity contribution in [2.75, 3.05) is 44.2 Å². The lowest BCUT2D eigenvalue weighted by Crippen LogP contribution is -2.62. The molecule has 1 aromatic rings. The van der Waals surface area contributed by atoms with Gasteiger partial charge in [0, 0.05) is 51.6 Å². The first kappa shape index (κ1) is 29.1. The normalized spacial score (nSPS) is 21.1. The number of hydrogen-bond donors (Lipinski definition) is 2. The Hall–Kier alpha value is -2.42. The van der Waals surface area contributed by atoms with Gasteiger partial charge < -0.3 is 20.0 Å². The first-order chi connectivity index (χ1) is 17.0. The second-order valence-corrected chi connectivity index (χ2v) is 9.30. The second-order valence-electron chi connectivity index (χ2n) is 9.30. The van der Waals surface area contributed by atoms with Gasteiger partial charge in [-0.3, -0.25) is 4.90 Å². The molecule has 3 rings (SSSR count).